The van der Waals surface area contributed by atoms with Crippen LogP contribution in [-0.2, 0) is 5.41 Å². The number of furan rings is 2. The van der Waals surface area contributed by atoms with E-state index in [9.17, 15) is 0 Å². The van der Waals surface area contributed by atoms with Crippen LogP contribution in [0.5, 0.6) is 0 Å². The zero-order valence-corrected chi connectivity index (χ0v) is 19.1. The summed E-state index contributed by atoms with van der Waals surface area (Å²) >= 11 is 0. The van der Waals surface area contributed by atoms with Crippen molar-refractivity contribution in [2.45, 2.75) is 33.1 Å². The molecule has 0 radical (unpaired) electrons. The third-order valence-corrected chi connectivity index (χ3v) is 6.20. The SMILES string of the molecule is Cc1ccc2c(n1)oc1c(-c3ccc4cc(-c5ccc(C(C)(C)C)cc5)oc4n3)cccc12. The minimum absolute atomic E-state index is 0.120. The van der Waals surface area contributed by atoms with Crippen molar-refractivity contribution in [1.82, 2.24) is 9.97 Å². The van der Waals surface area contributed by atoms with Crippen molar-refractivity contribution in [1.29, 1.82) is 0 Å². The van der Waals surface area contributed by atoms with Crippen LogP contribution in [0.3, 0.4) is 0 Å². The summed E-state index contributed by atoms with van der Waals surface area (Å²) in [6.45, 7) is 8.62. The highest BCUT2D eigenvalue weighted by Gasteiger charge is 2.17. The van der Waals surface area contributed by atoms with Gasteiger partial charge in [-0.15, -0.1) is 0 Å². The van der Waals surface area contributed by atoms with Gasteiger partial charge < -0.3 is 8.83 Å². The van der Waals surface area contributed by atoms with Crippen LogP contribution in [0.15, 0.2) is 81.6 Å². The molecule has 4 nitrogen and oxygen atoms in total. The molecule has 4 aromatic heterocycles. The Morgan fingerprint density at radius 1 is 0.727 bits per heavy atom. The number of benzene rings is 2. The van der Waals surface area contributed by atoms with E-state index in [-0.39, 0.29) is 5.41 Å². The Balaban J connectivity index is 1.44. The molecule has 0 aliphatic heterocycles. The summed E-state index contributed by atoms with van der Waals surface area (Å²) in [6, 6.07) is 24.9. The van der Waals surface area contributed by atoms with E-state index in [0.717, 1.165) is 50.0 Å². The number of aromatic nitrogens is 2. The summed E-state index contributed by atoms with van der Waals surface area (Å²) in [6.07, 6.45) is 0. The fourth-order valence-electron chi connectivity index (χ4n) is 4.32. The van der Waals surface area contributed by atoms with Crippen LogP contribution in [0, 0.1) is 6.92 Å². The summed E-state index contributed by atoms with van der Waals surface area (Å²) in [4.78, 5) is 9.39. The quantitative estimate of drug-likeness (QED) is 0.278. The Morgan fingerprint density at radius 2 is 1.55 bits per heavy atom. The van der Waals surface area contributed by atoms with Crippen molar-refractivity contribution < 1.29 is 8.83 Å². The zero-order chi connectivity index (χ0) is 22.7. The highest BCUT2D eigenvalue weighted by molar-refractivity contribution is 6.08. The molecule has 0 unspecified atom stereocenters. The predicted octanol–water partition coefficient (Wildman–Crippen LogP) is 8.06. The molecule has 0 aliphatic rings. The number of para-hydroxylation sites is 1. The largest absolute Gasteiger partial charge is 0.438 e. The molecule has 4 heteroatoms. The van der Waals surface area contributed by atoms with Gasteiger partial charge in [-0.2, -0.15) is 0 Å². The Morgan fingerprint density at radius 3 is 2.33 bits per heavy atom. The fourth-order valence-corrected chi connectivity index (χ4v) is 4.32. The van der Waals surface area contributed by atoms with Crippen LogP contribution in [0.1, 0.15) is 32.0 Å². The van der Waals surface area contributed by atoms with Crippen molar-refractivity contribution in [3.05, 3.63) is 84.1 Å². The molecular weight excluding hydrogens is 408 g/mol. The normalized spacial score (nSPS) is 12.2. The third kappa shape index (κ3) is 3.30. The Bertz CT molecular complexity index is 1650. The van der Waals surface area contributed by atoms with Gasteiger partial charge in [0.1, 0.15) is 11.3 Å². The number of rotatable bonds is 2. The maximum atomic E-state index is 6.17. The van der Waals surface area contributed by atoms with Gasteiger partial charge in [0.2, 0.25) is 11.4 Å². The smallest absolute Gasteiger partial charge is 0.227 e. The molecule has 0 saturated heterocycles. The van der Waals surface area contributed by atoms with E-state index >= 15 is 0 Å². The van der Waals surface area contributed by atoms with Crippen molar-refractivity contribution in [3.63, 3.8) is 0 Å². The maximum absolute atomic E-state index is 6.17. The second-order valence-corrected chi connectivity index (χ2v) is 9.62. The van der Waals surface area contributed by atoms with Gasteiger partial charge >= 0.3 is 0 Å². The van der Waals surface area contributed by atoms with Gasteiger partial charge in [0.25, 0.3) is 0 Å². The number of pyridine rings is 2. The summed E-state index contributed by atoms with van der Waals surface area (Å²) in [5, 5.41) is 3.02. The summed E-state index contributed by atoms with van der Waals surface area (Å²) < 4.78 is 12.3. The van der Waals surface area contributed by atoms with Crippen molar-refractivity contribution in [3.8, 4) is 22.6 Å². The number of fused-ring (bicyclic) bond motifs is 4. The lowest BCUT2D eigenvalue weighted by Crippen LogP contribution is -2.10. The third-order valence-electron chi connectivity index (χ3n) is 6.20. The van der Waals surface area contributed by atoms with E-state index in [1.54, 1.807) is 0 Å². The van der Waals surface area contributed by atoms with E-state index in [0.29, 0.717) is 11.4 Å². The van der Waals surface area contributed by atoms with Gasteiger partial charge in [-0.3, -0.25) is 0 Å². The van der Waals surface area contributed by atoms with Crippen molar-refractivity contribution in [2.24, 2.45) is 0 Å². The van der Waals surface area contributed by atoms with Crippen LogP contribution in [0.2, 0.25) is 0 Å². The first-order valence-electron chi connectivity index (χ1n) is 11.2. The molecule has 6 rings (SSSR count). The molecule has 0 bridgehead atoms. The summed E-state index contributed by atoms with van der Waals surface area (Å²) in [5.74, 6) is 0.816. The van der Waals surface area contributed by atoms with Crippen LogP contribution in [0.25, 0.3) is 55.7 Å². The second-order valence-electron chi connectivity index (χ2n) is 9.62. The second kappa shape index (κ2) is 7.04. The van der Waals surface area contributed by atoms with E-state index in [1.807, 2.05) is 37.3 Å². The maximum Gasteiger partial charge on any atom is 0.227 e. The van der Waals surface area contributed by atoms with Crippen LogP contribution in [-0.4, -0.2) is 9.97 Å². The van der Waals surface area contributed by atoms with Crippen molar-refractivity contribution in [2.75, 3.05) is 0 Å². The predicted molar refractivity (Wildman–Crippen MR) is 133 cm³/mol. The average Bonchev–Trinajstić information content (AvgIpc) is 3.38. The fraction of sp³-hybridized carbons (Fsp3) is 0.172. The molecule has 6 aromatic rings. The van der Waals surface area contributed by atoms with Gasteiger partial charge in [0.05, 0.1) is 5.69 Å². The lowest BCUT2D eigenvalue weighted by molar-refractivity contribution is 0.589. The van der Waals surface area contributed by atoms with Gasteiger partial charge in [0, 0.05) is 33.0 Å². The molecule has 0 saturated carbocycles. The molecule has 2 aromatic carbocycles. The van der Waals surface area contributed by atoms with E-state index in [1.165, 1.54) is 5.56 Å². The molecule has 0 aliphatic carbocycles. The molecule has 0 fully saturated rings. The molecule has 0 spiro atoms. The molecule has 162 valence electrons. The molecule has 33 heavy (non-hydrogen) atoms. The minimum atomic E-state index is 0.120. The van der Waals surface area contributed by atoms with Gasteiger partial charge in [-0.1, -0.05) is 57.2 Å². The Labute approximate surface area is 191 Å². The summed E-state index contributed by atoms with van der Waals surface area (Å²) in [5.41, 5.74) is 7.19. The lowest BCUT2D eigenvalue weighted by atomic mass is 9.86. The number of nitrogens with zero attached hydrogens (tertiary/aromatic N) is 2. The summed E-state index contributed by atoms with van der Waals surface area (Å²) in [7, 11) is 0. The van der Waals surface area contributed by atoms with Gasteiger partial charge in [0.15, 0.2) is 0 Å². The Hall–Kier alpha value is -3.92. The number of hydrogen-bond acceptors (Lipinski definition) is 4. The van der Waals surface area contributed by atoms with Gasteiger partial charge in [-0.25, -0.2) is 9.97 Å². The first kappa shape index (κ1) is 19.7. The van der Waals surface area contributed by atoms with Gasteiger partial charge in [-0.05, 0) is 54.3 Å². The molecule has 0 amide bonds. The van der Waals surface area contributed by atoms with E-state index < -0.39 is 0 Å². The number of aryl methyl sites for hydroxylation is 1. The minimum Gasteiger partial charge on any atom is -0.438 e. The topological polar surface area (TPSA) is 52.1 Å². The monoisotopic (exact) mass is 432 g/mol. The van der Waals surface area contributed by atoms with E-state index in [2.05, 4.69) is 68.2 Å². The molecule has 4 heterocycles. The first-order chi connectivity index (χ1) is 15.9. The zero-order valence-electron chi connectivity index (χ0n) is 19.1. The highest BCUT2D eigenvalue weighted by Crippen LogP contribution is 2.36. The molecule has 0 atom stereocenters. The van der Waals surface area contributed by atoms with Crippen molar-refractivity contribution >= 4 is 33.2 Å². The van der Waals surface area contributed by atoms with Crippen LogP contribution in [0.4, 0.5) is 0 Å². The molecule has 0 N–H and O–H groups in total. The standard InChI is InChI=1S/C29H24N2O2/c1-17-8-14-22-21-6-5-7-23(26(21)33-28(22)30-17)24-15-11-19-16-25(32-27(19)31-24)18-9-12-20(13-10-18)29(2,3)4/h5-16H,1-4H3. The first-order valence-corrected chi connectivity index (χ1v) is 11.2. The average molecular weight is 433 g/mol. The Kier molecular flexibility index (Phi) is 4.21. The molecular formula is C29H24N2O2. The lowest BCUT2D eigenvalue weighted by Gasteiger charge is -2.18. The number of hydrogen-bond donors (Lipinski definition) is 0. The van der Waals surface area contributed by atoms with Crippen LogP contribution >= 0.6 is 0 Å². The van der Waals surface area contributed by atoms with Crippen LogP contribution < -0.4 is 0 Å². The van der Waals surface area contributed by atoms with E-state index in [4.69, 9.17) is 13.8 Å². The highest BCUT2D eigenvalue weighted by atomic mass is 16.3.